The first kappa shape index (κ1) is 15.8. The maximum atomic E-state index is 13.4. The molecule has 0 aromatic heterocycles. The van der Waals surface area contributed by atoms with Crippen molar-refractivity contribution in [1.82, 2.24) is 4.90 Å². The molecule has 0 radical (unpaired) electrons. The minimum Gasteiger partial charge on any atom is -0.299 e. The van der Waals surface area contributed by atoms with E-state index in [2.05, 4.69) is 4.90 Å². The Bertz CT molecular complexity index is 708. The van der Waals surface area contributed by atoms with Crippen LogP contribution in [-0.4, -0.2) is 23.8 Å². The van der Waals surface area contributed by atoms with Crippen LogP contribution in [0.1, 0.15) is 40.7 Å². The zero-order chi connectivity index (χ0) is 16.2. The molecule has 2 nitrogen and oxygen atoms in total. The Kier molecular flexibility index (Phi) is 4.82. The van der Waals surface area contributed by atoms with Crippen molar-refractivity contribution in [3.63, 3.8) is 0 Å². The van der Waals surface area contributed by atoms with Crippen molar-refractivity contribution in [2.24, 2.45) is 0 Å². The van der Waals surface area contributed by atoms with Crippen molar-refractivity contribution in [2.75, 3.05) is 13.1 Å². The standard InChI is InChI=1S/C19H19F2NO/c20-17-9-8-14(12-18(17)21)19(23)16-7-3-2-6-15(16)13-22-10-4-1-5-11-22/h2-3,6-9,12H,1,4-5,10-11,13H2. The highest BCUT2D eigenvalue weighted by atomic mass is 19.2. The SMILES string of the molecule is O=C(c1ccc(F)c(F)c1)c1ccccc1CN1CCCCC1. The average molecular weight is 315 g/mol. The Morgan fingerprint density at radius 1 is 0.957 bits per heavy atom. The maximum absolute atomic E-state index is 13.4. The molecule has 1 heterocycles. The molecule has 0 aliphatic carbocycles. The Hall–Kier alpha value is -2.07. The van der Waals surface area contributed by atoms with Gasteiger partial charge >= 0.3 is 0 Å². The third-order valence-electron chi connectivity index (χ3n) is 4.29. The first-order valence-corrected chi connectivity index (χ1v) is 7.95. The van der Waals surface area contributed by atoms with Gasteiger partial charge in [-0.05, 0) is 49.7 Å². The second kappa shape index (κ2) is 7.01. The third kappa shape index (κ3) is 3.64. The smallest absolute Gasteiger partial charge is 0.193 e. The van der Waals surface area contributed by atoms with Gasteiger partial charge in [-0.3, -0.25) is 9.69 Å². The number of nitrogens with zero attached hydrogens (tertiary/aromatic N) is 1. The van der Waals surface area contributed by atoms with Gasteiger partial charge in [0.1, 0.15) is 0 Å². The van der Waals surface area contributed by atoms with E-state index >= 15 is 0 Å². The van der Waals surface area contributed by atoms with E-state index in [0.29, 0.717) is 12.1 Å². The summed E-state index contributed by atoms with van der Waals surface area (Å²) >= 11 is 0. The van der Waals surface area contributed by atoms with E-state index in [0.717, 1.165) is 30.8 Å². The predicted octanol–water partition coefficient (Wildman–Crippen LogP) is 4.18. The van der Waals surface area contributed by atoms with Gasteiger partial charge in [-0.2, -0.15) is 0 Å². The molecule has 2 aromatic rings. The van der Waals surface area contributed by atoms with Gasteiger partial charge in [0.25, 0.3) is 0 Å². The van der Waals surface area contributed by atoms with Gasteiger partial charge in [0, 0.05) is 17.7 Å². The van der Waals surface area contributed by atoms with Crippen LogP contribution in [-0.2, 0) is 6.54 Å². The zero-order valence-corrected chi connectivity index (χ0v) is 12.9. The molecule has 2 aromatic carbocycles. The van der Waals surface area contributed by atoms with Gasteiger partial charge in [-0.1, -0.05) is 30.7 Å². The molecule has 0 unspecified atom stereocenters. The molecule has 0 amide bonds. The van der Waals surface area contributed by atoms with Crippen molar-refractivity contribution in [3.05, 3.63) is 70.8 Å². The molecular weight excluding hydrogens is 296 g/mol. The first-order valence-electron chi connectivity index (χ1n) is 7.95. The van der Waals surface area contributed by atoms with Crippen LogP contribution in [0.25, 0.3) is 0 Å². The van der Waals surface area contributed by atoms with Crippen molar-refractivity contribution in [3.8, 4) is 0 Å². The molecule has 23 heavy (non-hydrogen) atoms. The number of ketones is 1. The van der Waals surface area contributed by atoms with Crippen molar-refractivity contribution in [2.45, 2.75) is 25.8 Å². The molecule has 4 heteroatoms. The molecule has 0 spiro atoms. The molecular formula is C19H19F2NO. The van der Waals surface area contributed by atoms with Gasteiger partial charge in [0.15, 0.2) is 17.4 Å². The number of likely N-dealkylation sites (tertiary alicyclic amines) is 1. The summed E-state index contributed by atoms with van der Waals surface area (Å²) in [5.41, 5.74) is 1.67. The summed E-state index contributed by atoms with van der Waals surface area (Å²) in [5, 5.41) is 0. The van der Waals surface area contributed by atoms with Crippen LogP contribution in [0.15, 0.2) is 42.5 Å². The van der Waals surface area contributed by atoms with Crippen LogP contribution in [0.4, 0.5) is 8.78 Å². The summed E-state index contributed by atoms with van der Waals surface area (Å²) in [6, 6.07) is 10.7. The lowest BCUT2D eigenvalue weighted by molar-refractivity contribution is 0.103. The van der Waals surface area contributed by atoms with Crippen LogP contribution in [0.3, 0.4) is 0 Å². The lowest BCUT2D eigenvalue weighted by Crippen LogP contribution is -2.29. The molecule has 1 aliphatic heterocycles. The molecule has 0 N–H and O–H groups in total. The zero-order valence-electron chi connectivity index (χ0n) is 12.9. The number of benzene rings is 2. The van der Waals surface area contributed by atoms with E-state index in [1.54, 1.807) is 12.1 Å². The van der Waals surface area contributed by atoms with Gasteiger partial charge in [0.2, 0.25) is 0 Å². The highest BCUT2D eigenvalue weighted by molar-refractivity contribution is 6.09. The highest BCUT2D eigenvalue weighted by Gasteiger charge is 2.18. The number of hydrogen-bond donors (Lipinski definition) is 0. The topological polar surface area (TPSA) is 20.3 Å². The Morgan fingerprint density at radius 2 is 1.70 bits per heavy atom. The lowest BCUT2D eigenvalue weighted by atomic mass is 9.97. The summed E-state index contributed by atoms with van der Waals surface area (Å²) < 4.78 is 26.5. The van der Waals surface area contributed by atoms with E-state index < -0.39 is 11.6 Å². The minimum atomic E-state index is -0.996. The first-order chi connectivity index (χ1) is 11.1. The molecule has 0 saturated carbocycles. The second-order valence-corrected chi connectivity index (χ2v) is 5.95. The van der Waals surface area contributed by atoms with E-state index in [4.69, 9.17) is 0 Å². The molecule has 1 aliphatic rings. The predicted molar refractivity (Wildman–Crippen MR) is 85.4 cm³/mol. The summed E-state index contributed by atoms with van der Waals surface area (Å²) in [5.74, 6) is -2.20. The number of carbonyl (C=O) groups is 1. The average Bonchev–Trinajstić information content (AvgIpc) is 2.58. The fourth-order valence-electron chi connectivity index (χ4n) is 3.03. The Labute approximate surface area is 134 Å². The number of halogens is 2. The number of carbonyl (C=O) groups excluding carboxylic acids is 1. The number of rotatable bonds is 4. The fourth-order valence-corrected chi connectivity index (χ4v) is 3.03. The number of hydrogen-bond acceptors (Lipinski definition) is 2. The third-order valence-corrected chi connectivity index (χ3v) is 4.29. The largest absolute Gasteiger partial charge is 0.299 e. The van der Waals surface area contributed by atoms with E-state index in [1.807, 2.05) is 12.1 Å². The van der Waals surface area contributed by atoms with Crippen molar-refractivity contribution in [1.29, 1.82) is 0 Å². The van der Waals surface area contributed by atoms with Crippen LogP contribution in [0.2, 0.25) is 0 Å². The Balaban J connectivity index is 1.86. The monoisotopic (exact) mass is 315 g/mol. The summed E-state index contributed by atoms with van der Waals surface area (Å²) in [6.45, 7) is 2.78. The lowest BCUT2D eigenvalue weighted by Gasteiger charge is -2.27. The minimum absolute atomic E-state index is 0.176. The summed E-state index contributed by atoms with van der Waals surface area (Å²) in [7, 11) is 0. The van der Waals surface area contributed by atoms with Gasteiger partial charge in [-0.15, -0.1) is 0 Å². The molecule has 1 fully saturated rings. The van der Waals surface area contributed by atoms with E-state index in [-0.39, 0.29) is 11.3 Å². The van der Waals surface area contributed by atoms with Crippen LogP contribution < -0.4 is 0 Å². The molecule has 120 valence electrons. The van der Waals surface area contributed by atoms with Crippen LogP contribution in [0, 0.1) is 11.6 Å². The fraction of sp³-hybridized carbons (Fsp3) is 0.316. The molecule has 0 atom stereocenters. The molecule has 3 rings (SSSR count). The molecule has 0 bridgehead atoms. The summed E-state index contributed by atoms with van der Waals surface area (Å²) in [4.78, 5) is 15.0. The molecule has 1 saturated heterocycles. The maximum Gasteiger partial charge on any atom is 0.193 e. The van der Waals surface area contributed by atoms with Gasteiger partial charge in [0.05, 0.1) is 0 Å². The number of piperidine rings is 1. The van der Waals surface area contributed by atoms with Crippen molar-refractivity contribution >= 4 is 5.78 Å². The normalized spacial score (nSPS) is 15.6. The Morgan fingerprint density at radius 3 is 2.43 bits per heavy atom. The van der Waals surface area contributed by atoms with Gasteiger partial charge < -0.3 is 0 Å². The highest BCUT2D eigenvalue weighted by Crippen LogP contribution is 2.20. The van der Waals surface area contributed by atoms with Gasteiger partial charge in [-0.25, -0.2) is 8.78 Å². The van der Waals surface area contributed by atoms with E-state index in [9.17, 15) is 13.6 Å². The van der Waals surface area contributed by atoms with Crippen molar-refractivity contribution < 1.29 is 13.6 Å². The van der Waals surface area contributed by atoms with Crippen LogP contribution in [0.5, 0.6) is 0 Å². The second-order valence-electron chi connectivity index (χ2n) is 5.95. The van der Waals surface area contributed by atoms with E-state index in [1.165, 1.54) is 25.3 Å². The summed E-state index contributed by atoms with van der Waals surface area (Å²) in [6.07, 6.45) is 3.62. The quantitative estimate of drug-likeness (QED) is 0.789. The van der Waals surface area contributed by atoms with Crippen LogP contribution >= 0.6 is 0 Å².